The summed E-state index contributed by atoms with van der Waals surface area (Å²) in [6.45, 7) is 2.46. The van der Waals surface area contributed by atoms with Crippen LogP contribution in [0, 0.1) is 6.92 Å². The molecule has 1 aliphatic heterocycles. The Kier molecular flexibility index (Phi) is 3.17. The molecule has 2 rings (SSSR count). The molecule has 1 N–H and O–H groups in total. The van der Waals surface area contributed by atoms with Gasteiger partial charge in [-0.3, -0.25) is 4.79 Å². The number of benzene rings is 1. The van der Waals surface area contributed by atoms with Gasteiger partial charge in [0.05, 0.1) is 12.0 Å². The SMILES string of the molecule is Cc1c(CO)cccc1N1CC(Cl)CC1=O. The van der Waals surface area contributed by atoms with E-state index in [9.17, 15) is 9.90 Å². The van der Waals surface area contributed by atoms with Gasteiger partial charge in [0, 0.05) is 18.7 Å². The van der Waals surface area contributed by atoms with Crippen molar-refractivity contribution >= 4 is 23.2 Å². The predicted molar refractivity (Wildman–Crippen MR) is 63.7 cm³/mol. The molecule has 0 aromatic heterocycles. The second-order valence-corrected chi connectivity index (χ2v) is 4.64. The summed E-state index contributed by atoms with van der Waals surface area (Å²) in [6.07, 6.45) is 0.393. The number of carbonyl (C=O) groups excluding carboxylic acids is 1. The van der Waals surface area contributed by atoms with E-state index in [4.69, 9.17) is 11.6 Å². The Bertz CT molecular complexity index is 419. The molecule has 0 radical (unpaired) electrons. The maximum absolute atomic E-state index is 11.7. The van der Waals surface area contributed by atoms with Crippen LogP contribution >= 0.6 is 11.6 Å². The molecule has 0 aliphatic carbocycles. The Morgan fingerprint density at radius 1 is 1.56 bits per heavy atom. The molecule has 0 spiro atoms. The Hall–Kier alpha value is -1.06. The summed E-state index contributed by atoms with van der Waals surface area (Å²) in [7, 11) is 0. The van der Waals surface area contributed by atoms with E-state index in [1.807, 2.05) is 25.1 Å². The lowest BCUT2D eigenvalue weighted by Crippen LogP contribution is -2.25. The average molecular weight is 240 g/mol. The van der Waals surface area contributed by atoms with Crippen LogP contribution in [0.4, 0.5) is 5.69 Å². The van der Waals surface area contributed by atoms with E-state index in [0.29, 0.717) is 13.0 Å². The van der Waals surface area contributed by atoms with Gasteiger partial charge in [-0.2, -0.15) is 0 Å². The van der Waals surface area contributed by atoms with Gasteiger partial charge in [0.1, 0.15) is 0 Å². The number of hydrogen-bond donors (Lipinski definition) is 1. The first-order chi connectivity index (χ1) is 7.63. The number of anilines is 1. The van der Waals surface area contributed by atoms with E-state index in [0.717, 1.165) is 16.8 Å². The highest BCUT2D eigenvalue weighted by Gasteiger charge is 2.30. The molecular formula is C12H14ClNO2. The van der Waals surface area contributed by atoms with Gasteiger partial charge in [0.2, 0.25) is 5.91 Å². The molecular weight excluding hydrogens is 226 g/mol. The van der Waals surface area contributed by atoms with Crippen molar-refractivity contribution in [3.05, 3.63) is 29.3 Å². The molecule has 1 fully saturated rings. The number of aliphatic hydroxyl groups excluding tert-OH is 1. The van der Waals surface area contributed by atoms with Crippen molar-refractivity contribution < 1.29 is 9.90 Å². The van der Waals surface area contributed by atoms with E-state index >= 15 is 0 Å². The molecule has 3 nitrogen and oxygen atoms in total. The van der Waals surface area contributed by atoms with Gasteiger partial charge in [-0.25, -0.2) is 0 Å². The number of carbonyl (C=O) groups is 1. The largest absolute Gasteiger partial charge is 0.392 e. The van der Waals surface area contributed by atoms with Gasteiger partial charge in [-0.05, 0) is 24.1 Å². The van der Waals surface area contributed by atoms with Crippen molar-refractivity contribution in [2.75, 3.05) is 11.4 Å². The Balaban J connectivity index is 2.37. The first-order valence-corrected chi connectivity index (χ1v) is 5.71. The number of nitrogens with zero attached hydrogens (tertiary/aromatic N) is 1. The van der Waals surface area contributed by atoms with Crippen molar-refractivity contribution in [1.29, 1.82) is 0 Å². The summed E-state index contributed by atoms with van der Waals surface area (Å²) in [5.41, 5.74) is 2.66. The Morgan fingerprint density at radius 3 is 2.88 bits per heavy atom. The van der Waals surface area contributed by atoms with Crippen molar-refractivity contribution in [1.82, 2.24) is 0 Å². The van der Waals surface area contributed by atoms with Crippen molar-refractivity contribution in [2.24, 2.45) is 0 Å². The average Bonchev–Trinajstić information content (AvgIpc) is 2.58. The maximum atomic E-state index is 11.7. The number of amides is 1. The molecule has 0 saturated carbocycles. The molecule has 1 saturated heterocycles. The molecule has 0 bridgehead atoms. The van der Waals surface area contributed by atoms with E-state index in [1.165, 1.54) is 0 Å². The Morgan fingerprint density at radius 2 is 2.31 bits per heavy atom. The summed E-state index contributed by atoms with van der Waals surface area (Å²) < 4.78 is 0. The number of hydrogen-bond acceptors (Lipinski definition) is 2. The topological polar surface area (TPSA) is 40.5 Å². The highest BCUT2D eigenvalue weighted by Crippen LogP contribution is 2.28. The van der Waals surface area contributed by atoms with E-state index in [-0.39, 0.29) is 17.9 Å². The smallest absolute Gasteiger partial charge is 0.228 e. The second-order valence-electron chi connectivity index (χ2n) is 4.03. The third-order valence-corrected chi connectivity index (χ3v) is 3.25. The maximum Gasteiger partial charge on any atom is 0.228 e. The Labute approximate surface area is 99.6 Å². The monoisotopic (exact) mass is 239 g/mol. The standard InChI is InChI=1S/C12H14ClNO2/c1-8-9(7-15)3-2-4-11(8)14-6-10(13)5-12(14)16/h2-4,10,15H,5-7H2,1H3. The van der Waals surface area contributed by atoms with Crippen LogP contribution in [0.15, 0.2) is 18.2 Å². The van der Waals surface area contributed by atoms with Crippen LogP contribution < -0.4 is 4.90 Å². The fraction of sp³-hybridized carbons (Fsp3) is 0.417. The van der Waals surface area contributed by atoms with Crippen LogP contribution in [-0.2, 0) is 11.4 Å². The lowest BCUT2D eigenvalue weighted by molar-refractivity contribution is -0.117. The van der Waals surface area contributed by atoms with Gasteiger partial charge in [0.15, 0.2) is 0 Å². The van der Waals surface area contributed by atoms with Crippen molar-refractivity contribution in [3.63, 3.8) is 0 Å². The van der Waals surface area contributed by atoms with Gasteiger partial charge in [-0.15, -0.1) is 11.6 Å². The highest BCUT2D eigenvalue weighted by molar-refractivity contribution is 6.24. The zero-order valence-electron chi connectivity index (χ0n) is 9.11. The normalized spacial score (nSPS) is 20.6. The minimum Gasteiger partial charge on any atom is -0.392 e. The minimum atomic E-state index is -0.107. The van der Waals surface area contributed by atoms with Crippen LogP contribution in [0.25, 0.3) is 0 Å². The predicted octanol–water partition coefficient (Wildman–Crippen LogP) is 1.83. The minimum absolute atomic E-state index is 0.00793. The number of halogens is 1. The molecule has 1 atom stereocenters. The van der Waals surface area contributed by atoms with Gasteiger partial charge >= 0.3 is 0 Å². The van der Waals surface area contributed by atoms with Gasteiger partial charge < -0.3 is 10.0 Å². The first-order valence-electron chi connectivity index (χ1n) is 5.27. The number of alkyl halides is 1. The van der Waals surface area contributed by atoms with Crippen LogP contribution in [0.2, 0.25) is 0 Å². The summed E-state index contributed by atoms with van der Waals surface area (Å²) in [5, 5.41) is 9.07. The summed E-state index contributed by atoms with van der Waals surface area (Å²) in [6, 6.07) is 5.60. The van der Waals surface area contributed by atoms with E-state index in [1.54, 1.807) is 4.90 Å². The molecule has 16 heavy (non-hydrogen) atoms. The van der Waals surface area contributed by atoms with Gasteiger partial charge in [-0.1, -0.05) is 12.1 Å². The molecule has 1 aromatic carbocycles. The van der Waals surface area contributed by atoms with E-state index < -0.39 is 0 Å². The van der Waals surface area contributed by atoms with Crippen molar-refractivity contribution in [2.45, 2.75) is 25.3 Å². The zero-order valence-corrected chi connectivity index (χ0v) is 9.87. The number of aliphatic hydroxyl groups is 1. The second kappa shape index (κ2) is 4.44. The van der Waals surface area contributed by atoms with Gasteiger partial charge in [0.25, 0.3) is 0 Å². The fourth-order valence-corrected chi connectivity index (χ4v) is 2.30. The third-order valence-electron chi connectivity index (χ3n) is 2.96. The van der Waals surface area contributed by atoms with E-state index in [2.05, 4.69) is 0 Å². The fourth-order valence-electron chi connectivity index (χ4n) is 2.03. The summed E-state index contributed by atoms with van der Waals surface area (Å²) in [5.74, 6) is 0.0539. The molecule has 1 aromatic rings. The molecule has 1 aliphatic rings. The van der Waals surface area contributed by atoms with Crippen LogP contribution in [-0.4, -0.2) is 22.9 Å². The van der Waals surface area contributed by atoms with Crippen LogP contribution in [0.5, 0.6) is 0 Å². The lowest BCUT2D eigenvalue weighted by atomic mass is 10.1. The number of rotatable bonds is 2. The quantitative estimate of drug-likeness (QED) is 0.800. The lowest BCUT2D eigenvalue weighted by Gasteiger charge is -2.19. The summed E-state index contributed by atoms with van der Waals surface area (Å²) >= 11 is 5.97. The molecule has 1 unspecified atom stereocenters. The molecule has 4 heteroatoms. The first kappa shape index (κ1) is 11.4. The summed E-state index contributed by atoms with van der Waals surface area (Å²) in [4.78, 5) is 13.4. The van der Waals surface area contributed by atoms with Crippen LogP contribution in [0.1, 0.15) is 17.5 Å². The third kappa shape index (κ3) is 1.93. The molecule has 1 amide bonds. The van der Waals surface area contributed by atoms with Crippen molar-refractivity contribution in [3.8, 4) is 0 Å². The molecule has 86 valence electrons. The zero-order chi connectivity index (χ0) is 11.7. The molecule has 1 heterocycles. The highest BCUT2D eigenvalue weighted by atomic mass is 35.5. The van der Waals surface area contributed by atoms with Crippen LogP contribution in [0.3, 0.4) is 0 Å².